The number of nitrogens with zero attached hydrogens (tertiary/aromatic N) is 1. The molecule has 0 aliphatic carbocycles. The third-order valence-electron chi connectivity index (χ3n) is 5.38. The van der Waals surface area contributed by atoms with E-state index in [-0.39, 0.29) is 24.5 Å². The number of carbonyl (C=O) groups is 2. The van der Waals surface area contributed by atoms with E-state index >= 15 is 0 Å². The first-order chi connectivity index (χ1) is 14.5. The van der Waals surface area contributed by atoms with Crippen molar-refractivity contribution in [1.29, 1.82) is 0 Å². The Morgan fingerprint density at radius 1 is 1.17 bits per heavy atom. The standard InChI is InChI=1S/C21H30N4O4S/c1-3-9-23-20(27)18(14-7-10-25(11-8-14)21(30)22-4-2)24-19(26)15-5-6-16-17(12-15)29-13-28-16/h5-6,12,14,18H,3-4,7-11,13H2,1-2H3,(H,22,30)(H,23,27)(H,24,26). The highest BCUT2D eigenvalue weighted by atomic mass is 32.1. The highest BCUT2D eigenvalue weighted by Crippen LogP contribution is 2.32. The zero-order chi connectivity index (χ0) is 21.5. The molecule has 30 heavy (non-hydrogen) atoms. The molecule has 3 N–H and O–H groups in total. The highest BCUT2D eigenvalue weighted by molar-refractivity contribution is 7.80. The van der Waals surface area contributed by atoms with Crippen LogP contribution < -0.4 is 25.4 Å². The second-order valence-corrected chi connectivity index (χ2v) is 7.86. The molecule has 8 nitrogen and oxygen atoms in total. The number of ether oxygens (including phenoxy) is 2. The van der Waals surface area contributed by atoms with Gasteiger partial charge in [-0.15, -0.1) is 0 Å². The van der Waals surface area contributed by atoms with E-state index in [0.717, 1.165) is 44.0 Å². The van der Waals surface area contributed by atoms with Crippen LogP contribution in [-0.2, 0) is 4.79 Å². The molecule has 2 amide bonds. The molecule has 1 atom stereocenters. The third-order valence-corrected chi connectivity index (χ3v) is 5.78. The third kappa shape index (κ3) is 5.33. The van der Waals surface area contributed by atoms with Gasteiger partial charge < -0.3 is 30.3 Å². The van der Waals surface area contributed by atoms with Gasteiger partial charge in [0.15, 0.2) is 16.6 Å². The summed E-state index contributed by atoms with van der Waals surface area (Å²) in [6.07, 6.45) is 2.39. The molecule has 1 aromatic carbocycles. The van der Waals surface area contributed by atoms with Gasteiger partial charge in [0.05, 0.1) is 0 Å². The smallest absolute Gasteiger partial charge is 0.252 e. The molecule has 1 saturated heterocycles. The SMILES string of the molecule is CCCNC(=O)C(NC(=O)c1ccc2c(c1)OCO2)C1CCN(C(=S)NCC)CC1. The van der Waals surface area contributed by atoms with Crippen molar-refractivity contribution in [1.82, 2.24) is 20.9 Å². The van der Waals surface area contributed by atoms with E-state index in [1.54, 1.807) is 18.2 Å². The summed E-state index contributed by atoms with van der Waals surface area (Å²) in [5, 5.41) is 9.80. The van der Waals surface area contributed by atoms with Crippen LogP contribution in [0.5, 0.6) is 11.5 Å². The van der Waals surface area contributed by atoms with Crippen LogP contribution in [0.15, 0.2) is 18.2 Å². The molecule has 2 aliphatic rings. The molecule has 1 aromatic rings. The molecular weight excluding hydrogens is 404 g/mol. The van der Waals surface area contributed by atoms with Gasteiger partial charge in [-0.25, -0.2) is 0 Å². The highest BCUT2D eigenvalue weighted by Gasteiger charge is 2.33. The fourth-order valence-corrected chi connectivity index (χ4v) is 4.04. The summed E-state index contributed by atoms with van der Waals surface area (Å²) >= 11 is 5.40. The summed E-state index contributed by atoms with van der Waals surface area (Å²) in [5.41, 5.74) is 0.443. The maximum Gasteiger partial charge on any atom is 0.252 e. The van der Waals surface area contributed by atoms with Crippen molar-refractivity contribution in [2.75, 3.05) is 33.0 Å². The predicted octanol–water partition coefficient (Wildman–Crippen LogP) is 1.65. The second kappa shape index (κ2) is 10.5. The summed E-state index contributed by atoms with van der Waals surface area (Å²) in [7, 11) is 0. The Morgan fingerprint density at radius 3 is 2.60 bits per heavy atom. The number of carbonyl (C=O) groups excluding carboxylic acids is 2. The summed E-state index contributed by atoms with van der Waals surface area (Å²) in [6.45, 7) is 7.04. The van der Waals surface area contributed by atoms with E-state index in [1.807, 2.05) is 13.8 Å². The van der Waals surface area contributed by atoms with Crippen molar-refractivity contribution in [3.05, 3.63) is 23.8 Å². The lowest BCUT2D eigenvalue weighted by Gasteiger charge is -2.37. The lowest BCUT2D eigenvalue weighted by Crippen LogP contribution is -2.54. The van der Waals surface area contributed by atoms with Crippen LogP contribution in [0.25, 0.3) is 0 Å². The van der Waals surface area contributed by atoms with Crippen LogP contribution in [0.1, 0.15) is 43.5 Å². The first kappa shape index (κ1) is 22.1. The molecular formula is C21H30N4O4S. The molecule has 0 aromatic heterocycles. The molecule has 0 radical (unpaired) electrons. The second-order valence-electron chi connectivity index (χ2n) is 7.47. The number of thiocarbonyl (C=S) groups is 1. The Kier molecular flexibility index (Phi) is 7.73. The predicted molar refractivity (Wildman–Crippen MR) is 118 cm³/mol. The monoisotopic (exact) mass is 434 g/mol. The van der Waals surface area contributed by atoms with Gasteiger partial charge in [0.25, 0.3) is 5.91 Å². The molecule has 1 fully saturated rings. The van der Waals surface area contributed by atoms with Gasteiger partial charge in [-0.1, -0.05) is 6.92 Å². The van der Waals surface area contributed by atoms with E-state index < -0.39 is 6.04 Å². The number of rotatable bonds is 7. The number of benzene rings is 1. The van der Waals surface area contributed by atoms with Crippen molar-refractivity contribution in [3.63, 3.8) is 0 Å². The topological polar surface area (TPSA) is 91.9 Å². The first-order valence-corrected chi connectivity index (χ1v) is 10.9. The number of nitrogens with one attached hydrogen (secondary N) is 3. The molecule has 164 valence electrons. The Hall–Kier alpha value is -2.55. The lowest BCUT2D eigenvalue weighted by atomic mass is 9.88. The van der Waals surface area contributed by atoms with E-state index in [4.69, 9.17) is 21.7 Å². The average Bonchev–Trinajstić information content (AvgIpc) is 3.24. The number of piperidine rings is 1. The van der Waals surface area contributed by atoms with E-state index in [1.165, 1.54) is 0 Å². The van der Waals surface area contributed by atoms with E-state index in [0.29, 0.717) is 23.6 Å². The molecule has 9 heteroatoms. The number of fused-ring (bicyclic) bond motifs is 1. The fraction of sp³-hybridized carbons (Fsp3) is 0.571. The minimum atomic E-state index is -0.593. The molecule has 2 heterocycles. The quantitative estimate of drug-likeness (QED) is 0.562. The van der Waals surface area contributed by atoms with Gasteiger partial charge in [-0.3, -0.25) is 9.59 Å². The van der Waals surface area contributed by atoms with Gasteiger partial charge >= 0.3 is 0 Å². The van der Waals surface area contributed by atoms with Crippen LogP contribution in [-0.4, -0.2) is 60.8 Å². The fourth-order valence-electron chi connectivity index (χ4n) is 3.72. The van der Waals surface area contributed by atoms with Gasteiger partial charge in [-0.05, 0) is 62.5 Å². The molecule has 2 aliphatic heterocycles. The molecule has 0 saturated carbocycles. The van der Waals surface area contributed by atoms with Crippen molar-refractivity contribution in [2.24, 2.45) is 5.92 Å². The zero-order valence-corrected chi connectivity index (χ0v) is 18.3. The van der Waals surface area contributed by atoms with Crippen molar-refractivity contribution in [2.45, 2.75) is 39.2 Å². The summed E-state index contributed by atoms with van der Waals surface area (Å²) in [5.74, 6) is 0.766. The minimum Gasteiger partial charge on any atom is -0.454 e. The number of hydrogen-bond acceptors (Lipinski definition) is 5. The molecule has 1 unspecified atom stereocenters. The summed E-state index contributed by atoms with van der Waals surface area (Å²) < 4.78 is 10.7. The van der Waals surface area contributed by atoms with Crippen molar-refractivity contribution in [3.8, 4) is 11.5 Å². The maximum atomic E-state index is 12.9. The Morgan fingerprint density at radius 2 is 1.90 bits per heavy atom. The van der Waals surface area contributed by atoms with Crippen molar-refractivity contribution < 1.29 is 19.1 Å². The Labute approximate surface area is 182 Å². The van der Waals surface area contributed by atoms with E-state index in [9.17, 15) is 9.59 Å². The maximum absolute atomic E-state index is 12.9. The summed E-state index contributed by atoms with van der Waals surface area (Å²) in [4.78, 5) is 27.9. The van der Waals surface area contributed by atoms with Crippen LogP contribution in [0, 0.1) is 5.92 Å². The van der Waals surface area contributed by atoms with Crippen LogP contribution >= 0.6 is 12.2 Å². The minimum absolute atomic E-state index is 0.0421. The van der Waals surface area contributed by atoms with Crippen LogP contribution in [0.2, 0.25) is 0 Å². The van der Waals surface area contributed by atoms with Gasteiger partial charge in [0.2, 0.25) is 12.7 Å². The van der Waals surface area contributed by atoms with Gasteiger partial charge in [0, 0.05) is 31.7 Å². The normalized spacial score (nSPS) is 16.7. The number of amides is 2. The lowest BCUT2D eigenvalue weighted by molar-refractivity contribution is -0.124. The van der Waals surface area contributed by atoms with Gasteiger partial charge in [0.1, 0.15) is 6.04 Å². The van der Waals surface area contributed by atoms with Crippen molar-refractivity contribution >= 4 is 29.1 Å². The average molecular weight is 435 g/mol. The van der Waals surface area contributed by atoms with Gasteiger partial charge in [-0.2, -0.15) is 0 Å². The number of hydrogen-bond donors (Lipinski definition) is 3. The summed E-state index contributed by atoms with van der Waals surface area (Å²) in [6, 6.07) is 4.45. The molecule has 3 rings (SSSR count). The van der Waals surface area contributed by atoms with Crippen LogP contribution in [0.3, 0.4) is 0 Å². The number of likely N-dealkylation sites (tertiary alicyclic amines) is 1. The Bertz CT molecular complexity index is 780. The molecule has 0 spiro atoms. The van der Waals surface area contributed by atoms with E-state index in [2.05, 4.69) is 20.9 Å². The van der Waals surface area contributed by atoms with Crippen LogP contribution in [0.4, 0.5) is 0 Å². The first-order valence-electron chi connectivity index (χ1n) is 10.5. The zero-order valence-electron chi connectivity index (χ0n) is 17.5. The molecule has 0 bridgehead atoms. The largest absolute Gasteiger partial charge is 0.454 e. The Balaban J connectivity index is 1.67.